The number of carbonyl (C=O) groups is 2. The van der Waals surface area contributed by atoms with E-state index in [-0.39, 0.29) is 23.2 Å². The van der Waals surface area contributed by atoms with Crippen LogP contribution in [0.4, 0.5) is 5.69 Å². The van der Waals surface area contributed by atoms with Gasteiger partial charge in [0.05, 0.1) is 19.8 Å². The maximum absolute atomic E-state index is 13.0. The van der Waals surface area contributed by atoms with Crippen LogP contribution in [0.2, 0.25) is 5.02 Å². The molecule has 4 aliphatic rings. The number of aromatic nitrogens is 1. The number of carboxylic acid groups (broad SMARTS) is 1. The van der Waals surface area contributed by atoms with Gasteiger partial charge in [-0.3, -0.25) is 9.78 Å². The lowest BCUT2D eigenvalue weighted by molar-refractivity contribution is -0.144. The van der Waals surface area contributed by atoms with Crippen molar-refractivity contribution in [3.05, 3.63) is 76.1 Å². The third-order valence-electron chi connectivity index (χ3n) is 12.4. The molecule has 9 nitrogen and oxygen atoms in total. The summed E-state index contributed by atoms with van der Waals surface area (Å²) in [5.41, 5.74) is 4.35. The van der Waals surface area contributed by atoms with E-state index in [1.807, 2.05) is 24.4 Å². The molecule has 1 aliphatic heterocycles. The van der Waals surface area contributed by atoms with Gasteiger partial charge in [0.25, 0.3) is 0 Å². The fourth-order valence-corrected chi connectivity index (χ4v) is 9.61. The molecule has 0 saturated heterocycles. The number of amides is 1. The minimum atomic E-state index is -1.10. The van der Waals surface area contributed by atoms with Gasteiger partial charge in [0.1, 0.15) is 11.3 Å². The summed E-state index contributed by atoms with van der Waals surface area (Å²) >= 11 is 6.29. The van der Waals surface area contributed by atoms with Crippen molar-refractivity contribution in [2.24, 2.45) is 17.8 Å². The molecular formula is C42H52ClN3O6. The number of carbonyl (C=O) groups excluding carboxylic acids is 1. The summed E-state index contributed by atoms with van der Waals surface area (Å²) in [6.07, 6.45) is 9.44. The first-order valence-electron chi connectivity index (χ1n) is 19.0. The monoisotopic (exact) mass is 729 g/mol. The van der Waals surface area contributed by atoms with Crippen LogP contribution < -0.4 is 19.5 Å². The summed E-state index contributed by atoms with van der Waals surface area (Å²) in [5, 5.41) is 14.6. The number of benzene rings is 2. The van der Waals surface area contributed by atoms with E-state index in [0.717, 1.165) is 55.8 Å². The number of aryl methyl sites for hydroxylation is 1. The molecule has 52 heavy (non-hydrogen) atoms. The first-order chi connectivity index (χ1) is 25.0. The van der Waals surface area contributed by atoms with Crippen LogP contribution in [0, 0.1) is 17.8 Å². The highest BCUT2D eigenvalue weighted by atomic mass is 35.5. The quantitative estimate of drug-likeness (QED) is 0.216. The summed E-state index contributed by atoms with van der Waals surface area (Å²) in [6, 6.07) is 13.7. The number of ether oxygens (including phenoxy) is 3. The third kappa shape index (κ3) is 7.17. The SMILES string of the molecule is CC(=O)N(C)CC1COc2cc3c(cc2OC1)C1(CCC(Nc2cccc(Cl)c2)(C(=O)O)CC1)[C@@H](C[C@@H](C)COc1ccnc2c1[C@H](C)CCC2)C3. The molecule has 1 unspecified atom stereocenters. The molecule has 2 aromatic carbocycles. The molecule has 1 spiro atoms. The molecule has 4 atom stereocenters. The van der Waals surface area contributed by atoms with Crippen LogP contribution in [0.15, 0.2) is 48.7 Å². The molecule has 1 fully saturated rings. The number of nitrogens with one attached hydrogen (secondary N) is 1. The van der Waals surface area contributed by atoms with Crippen LogP contribution in [-0.2, 0) is 27.8 Å². The van der Waals surface area contributed by atoms with Crippen molar-refractivity contribution in [2.75, 3.05) is 38.7 Å². The van der Waals surface area contributed by atoms with Crippen molar-refractivity contribution in [3.63, 3.8) is 0 Å². The van der Waals surface area contributed by atoms with E-state index in [4.69, 9.17) is 25.8 Å². The smallest absolute Gasteiger partial charge is 0.329 e. The fraction of sp³-hybridized carbons (Fsp3) is 0.548. The van der Waals surface area contributed by atoms with Crippen LogP contribution in [0.25, 0.3) is 0 Å². The number of halogens is 1. The Hall–Kier alpha value is -3.98. The van der Waals surface area contributed by atoms with Gasteiger partial charge in [0.2, 0.25) is 5.91 Å². The average molecular weight is 730 g/mol. The van der Waals surface area contributed by atoms with Crippen LogP contribution >= 0.6 is 11.6 Å². The molecule has 3 aromatic rings. The van der Waals surface area contributed by atoms with Crippen molar-refractivity contribution in [1.82, 2.24) is 9.88 Å². The Morgan fingerprint density at radius 3 is 2.58 bits per heavy atom. The average Bonchev–Trinajstić information content (AvgIpc) is 3.24. The maximum Gasteiger partial charge on any atom is 0.329 e. The molecule has 3 aliphatic carbocycles. The molecule has 2 heterocycles. The summed E-state index contributed by atoms with van der Waals surface area (Å²) in [5.74, 6) is 2.69. The third-order valence-corrected chi connectivity index (χ3v) is 12.6. The molecule has 1 saturated carbocycles. The molecule has 1 amide bonds. The zero-order valence-corrected chi connectivity index (χ0v) is 31.6. The van der Waals surface area contributed by atoms with Crippen LogP contribution in [-0.4, -0.2) is 65.8 Å². The summed E-state index contributed by atoms with van der Waals surface area (Å²) < 4.78 is 19.4. The first-order valence-corrected chi connectivity index (χ1v) is 19.4. The number of aliphatic carboxylic acids is 1. The highest BCUT2D eigenvalue weighted by Gasteiger charge is 2.54. The Morgan fingerprint density at radius 2 is 1.87 bits per heavy atom. The minimum absolute atomic E-state index is 0.0163. The number of nitrogens with zero attached hydrogens (tertiary/aromatic N) is 2. The lowest BCUT2D eigenvalue weighted by Crippen LogP contribution is -2.53. The Labute approximate surface area is 312 Å². The predicted octanol–water partition coefficient (Wildman–Crippen LogP) is 8.07. The van der Waals surface area contributed by atoms with E-state index < -0.39 is 11.5 Å². The van der Waals surface area contributed by atoms with Gasteiger partial charge in [-0.15, -0.1) is 0 Å². The molecule has 0 bridgehead atoms. The van der Waals surface area contributed by atoms with E-state index in [9.17, 15) is 14.7 Å². The Bertz CT molecular complexity index is 1810. The second kappa shape index (κ2) is 14.8. The predicted molar refractivity (Wildman–Crippen MR) is 202 cm³/mol. The number of pyridine rings is 1. The van der Waals surface area contributed by atoms with Gasteiger partial charge in [0.15, 0.2) is 11.5 Å². The van der Waals surface area contributed by atoms with Gasteiger partial charge in [-0.05, 0) is 128 Å². The number of fused-ring (bicyclic) bond motifs is 4. The Morgan fingerprint density at radius 1 is 1.12 bits per heavy atom. The largest absolute Gasteiger partial charge is 0.493 e. The number of hydrogen-bond donors (Lipinski definition) is 2. The maximum atomic E-state index is 13.0. The van der Waals surface area contributed by atoms with Crippen molar-refractivity contribution in [1.29, 1.82) is 0 Å². The highest BCUT2D eigenvalue weighted by Crippen LogP contribution is 2.58. The van der Waals surface area contributed by atoms with E-state index >= 15 is 0 Å². The van der Waals surface area contributed by atoms with Crippen molar-refractivity contribution < 1.29 is 28.9 Å². The topological polar surface area (TPSA) is 110 Å². The molecule has 0 radical (unpaired) electrons. The van der Waals surface area contributed by atoms with E-state index in [2.05, 4.69) is 36.3 Å². The number of anilines is 1. The first kappa shape index (κ1) is 36.4. The molecular weight excluding hydrogens is 678 g/mol. The van der Waals surface area contributed by atoms with E-state index in [0.29, 0.717) is 61.8 Å². The lowest BCUT2D eigenvalue weighted by Gasteiger charge is -2.47. The molecule has 7 rings (SSSR count). The van der Waals surface area contributed by atoms with Crippen molar-refractivity contribution in [3.8, 4) is 17.2 Å². The zero-order chi connectivity index (χ0) is 36.6. The van der Waals surface area contributed by atoms with Crippen LogP contribution in [0.1, 0.15) is 94.0 Å². The van der Waals surface area contributed by atoms with Gasteiger partial charge in [-0.2, -0.15) is 0 Å². The second-order valence-corrected chi connectivity index (χ2v) is 16.5. The summed E-state index contributed by atoms with van der Waals surface area (Å²) in [6.45, 7) is 8.22. The second-order valence-electron chi connectivity index (χ2n) is 16.0. The molecule has 10 heteroatoms. The van der Waals surface area contributed by atoms with Crippen LogP contribution in [0.5, 0.6) is 17.2 Å². The van der Waals surface area contributed by atoms with E-state index in [1.165, 1.54) is 28.8 Å². The fourth-order valence-electron chi connectivity index (χ4n) is 9.42. The van der Waals surface area contributed by atoms with Crippen molar-refractivity contribution in [2.45, 2.75) is 95.4 Å². The molecule has 2 N–H and O–H groups in total. The zero-order valence-electron chi connectivity index (χ0n) is 30.9. The van der Waals surface area contributed by atoms with Gasteiger partial charge >= 0.3 is 5.97 Å². The Balaban J connectivity index is 1.14. The normalized spacial score (nSPS) is 26.8. The number of rotatable bonds is 10. The summed E-state index contributed by atoms with van der Waals surface area (Å²) in [4.78, 5) is 31.3. The Kier molecular flexibility index (Phi) is 10.4. The van der Waals surface area contributed by atoms with Crippen LogP contribution in [0.3, 0.4) is 0 Å². The number of hydrogen-bond acceptors (Lipinski definition) is 7. The summed E-state index contributed by atoms with van der Waals surface area (Å²) in [7, 11) is 1.80. The van der Waals surface area contributed by atoms with Gasteiger partial charge in [-0.1, -0.05) is 31.5 Å². The van der Waals surface area contributed by atoms with Gasteiger partial charge in [0, 0.05) is 54.6 Å². The minimum Gasteiger partial charge on any atom is -0.493 e. The molecule has 1 aromatic heterocycles. The standard InChI is InChI=1S/C42H52ClN3O6/c1-26(23-50-36-11-16-44-35-10-5-7-27(2)39(35)36)17-31-18-30-19-37-38(52-25-29(24-51-37)22-46(4)28(3)47)21-34(30)41(31)12-14-42(15-13-41,40(48)49)45-33-9-6-8-32(43)20-33/h6,8-9,11,16,19-21,26-27,29,31,45H,5,7,10,12-15,17-18,22-25H2,1-4H3,(H,48,49)/t26-,27-,29?,31+,41?,42?/m1/s1. The van der Waals surface area contributed by atoms with Gasteiger partial charge in [-0.25, -0.2) is 4.79 Å². The number of carboxylic acids is 1. The van der Waals surface area contributed by atoms with Crippen molar-refractivity contribution >= 4 is 29.2 Å². The molecule has 278 valence electrons. The van der Waals surface area contributed by atoms with Gasteiger partial charge < -0.3 is 29.5 Å². The van der Waals surface area contributed by atoms with E-state index in [1.54, 1.807) is 31.0 Å². The highest BCUT2D eigenvalue weighted by molar-refractivity contribution is 6.30. The lowest BCUT2D eigenvalue weighted by atomic mass is 9.59.